The Hall–Kier alpha value is -1.42. The van der Waals surface area contributed by atoms with Crippen LogP contribution >= 0.6 is 0 Å². The molecule has 1 aliphatic rings. The van der Waals surface area contributed by atoms with Gasteiger partial charge in [0.1, 0.15) is 11.6 Å². The van der Waals surface area contributed by atoms with Gasteiger partial charge in [-0.3, -0.25) is 4.79 Å². The van der Waals surface area contributed by atoms with Crippen LogP contribution in [0.5, 0.6) is 0 Å². The molecule has 2 rings (SSSR count). The first-order chi connectivity index (χ1) is 8.68. The topological polar surface area (TPSA) is 82.0 Å². The number of anilines is 1. The number of aromatic nitrogens is 1. The number of carbonyl (C=O) groups excluding carboxylic acids is 1. The Labute approximate surface area is 108 Å². The summed E-state index contributed by atoms with van der Waals surface area (Å²) in [6.07, 6.45) is 7.26. The van der Waals surface area contributed by atoms with Crippen LogP contribution in [0.4, 0.5) is 5.82 Å². The smallest absolute Gasteiger partial charge is 0.144 e. The zero-order chi connectivity index (χ0) is 13.0. The highest BCUT2D eigenvalue weighted by Crippen LogP contribution is 2.37. The van der Waals surface area contributed by atoms with Crippen molar-refractivity contribution < 1.29 is 4.79 Å². The van der Waals surface area contributed by atoms with Gasteiger partial charge in [0, 0.05) is 30.1 Å². The Morgan fingerprint density at radius 1 is 1.33 bits per heavy atom. The molecule has 1 fully saturated rings. The molecule has 1 saturated carbocycles. The second-order valence-electron chi connectivity index (χ2n) is 5.19. The third-order valence-electron chi connectivity index (χ3n) is 4.07. The Balaban J connectivity index is 2.13. The van der Waals surface area contributed by atoms with Crippen molar-refractivity contribution >= 4 is 11.6 Å². The summed E-state index contributed by atoms with van der Waals surface area (Å²) in [5.74, 6) is 0.679. The van der Waals surface area contributed by atoms with Crippen LogP contribution in [0.2, 0.25) is 0 Å². The van der Waals surface area contributed by atoms with Gasteiger partial charge in [0.05, 0.1) is 0 Å². The van der Waals surface area contributed by atoms with Crippen LogP contribution in [-0.4, -0.2) is 17.3 Å². The van der Waals surface area contributed by atoms with Crippen molar-refractivity contribution in [3.05, 3.63) is 23.9 Å². The molecule has 4 heteroatoms. The maximum atomic E-state index is 12.5. The molecule has 1 aromatic heterocycles. The molecular weight excluding hydrogens is 226 g/mol. The molecule has 1 aliphatic carbocycles. The summed E-state index contributed by atoms with van der Waals surface area (Å²) in [5.41, 5.74) is 12.2. The van der Waals surface area contributed by atoms with E-state index < -0.39 is 0 Å². The summed E-state index contributed by atoms with van der Waals surface area (Å²) < 4.78 is 0. The number of Topliss-reactive ketones (excluding diaryl/α,β-unsaturated/α-hetero) is 1. The first kappa shape index (κ1) is 13.0. The lowest BCUT2D eigenvalue weighted by molar-refractivity contribution is -0.129. The van der Waals surface area contributed by atoms with Gasteiger partial charge in [0.15, 0.2) is 0 Å². The number of nitrogens with two attached hydrogens (primary N) is 2. The van der Waals surface area contributed by atoms with E-state index in [-0.39, 0.29) is 11.2 Å². The fraction of sp³-hybridized carbons (Fsp3) is 0.571. The average Bonchev–Trinajstić information content (AvgIpc) is 2.42. The molecule has 98 valence electrons. The Bertz CT molecular complexity index is 425. The summed E-state index contributed by atoms with van der Waals surface area (Å²) in [4.78, 5) is 16.5. The maximum Gasteiger partial charge on any atom is 0.144 e. The fourth-order valence-corrected chi connectivity index (χ4v) is 2.79. The second kappa shape index (κ2) is 5.48. The minimum Gasteiger partial charge on any atom is -0.383 e. The molecule has 0 amide bonds. The van der Waals surface area contributed by atoms with Gasteiger partial charge < -0.3 is 11.5 Å². The lowest BCUT2D eigenvalue weighted by Crippen LogP contribution is -2.41. The van der Waals surface area contributed by atoms with Crippen molar-refractivity contribution in [3.8, 4) is 0 Å². The molecule has 0 unspecified atom stereocenters. The van der Waals surface area contributed by atoms with E-state index in [1.807, 2.05) is 12.1 Å². The highest BCUT2D eigenvalue weighted by Gasteiger charge is 2.37. The summed E-state index contributed by atoms with van der Waals surface area (Å²) in [6.45, 7) is 0.450. The molecular formula is C14H21N3O. The first-order valence-electron chi connectivity index (χ1n) is 6.61. The van der Waals surface area contributed by atoms with E-state index in [1.54, 1.807) is 6.20 Å². The molecule has 0 atom stereocenters. The molecule has 18 heavy (non-hydrogen) atoms. The Morgan fingerprint density at radius 3 is 2.67 bits per heavy atom. The van der Waals surface area contributed by atoms with Crippen LogP contribution in [0.3, 0.4) is 0 Å². The third kappa shape index (κ3) is 2.53. The van der Waals surface area contributed by atoms with Gasteiger partial charge in [-0.05, 0) is 18.9 Å². The minimum absolute atomic E-state index is 0.226. The number of hydrogen-bond donors (Lipinski definition) is 2. The van der Waals surface area contributed by atoms with Gasteiger partial charge in [0.25, 0.3) is 0 Å². The van der Waals surface area contributed by atoms with E-state index >= 15 is 0 Å². The standard InChI is InChI=1S/C14H21N3O/c15-10-14(6-2-1-3-7-14)12(18)9-11-5-4-8-17-13(11)16/h4-5,8H,1-3,6-7,9-10,15H2,(H2,16,17). The summed E-state index contributed by atoms with van der Waals surface area (Å²) in [7, 11) is 0. The Kier molecular flexibility index (Phi) is 3.97. The molecule has 0 aliphatic heterocycles. The van der Waals surface area contributed by atoms with Crippen molar-refractivity contribution in [1.82, 2.24) is 4.98 Å². The predicted octanol–water partition coefficient (Wildman–Crippen LogP) is 1.68. The minimum atomic E-state index is -0.319. The molecule has 1 aromatic rings. The lowest BCUT2D eigenvalue weighted by atomic mass is 9.70. The van der Waals surface area contributed by atoms with Gasteiger partial charge in [-0.15, -0.1) is 0 Å². The van der Waals surface area contributed by atoms with E-state index in [4.69, 9.17) is 11.5 Å². The molecule has 0 bridgehead atoms. The van der Waals surface area contributed by atoms with Gasteiger partial charge in [-0.1, -0.05) is 25.3 Å². The largest absolute Gasteiger partial charge is 0.383 e. The van der Waals surface area contributed by atoms with Crippen molar-refractivity contribution in [2.24, 2.45) is 11.1 Å². The van der Waals surface area contributed by atoms with Crippen LogP contribution in [0.1, 0.15) is 37.7 Å². The SMILES string of the molecule is NCC1(C(=O)Cc2cccnc2N)CCCCC1. The van der Waals surface area contributed by atoms with Gasteiger partial charge in [0.2, 0.25) is 0 Å². The molecule has 0 aromatic carbocycles. The van der Waals surface area contributed by atoms with Crippen LogP contribution in [-0.2, 0) is 11.2 Å². The molecule has 4 nitrogen and oxygen atoms in total. The van der Waals surface area contributed by atoms with Gasteiger partial charge in [-0.25, -0.2) is 4.98 Å². The number of rotatable bonds is 4. The fourth-order valence-electron chi connectivity index (χ4n) is 2.79. The highest BCUT2D eigenvalue weighted by atomic mass is 16.1. The van der Waals surface area contributed by atoms with Crippen LogP contribution in [0.25, 0.3) is 0 Å². The van der Waals surface area contributed by atoms with E-state index in [0.717, 1.165) is 31.2 Å². The van der Waals surface area contributed by atoms with Crippen LogP contribution < -0.4 is 11.5 Å². The van der Waals surface area contributed by atoms with E-state index in [2.05, 4.69) is 4.98 Å². The van der Waals surface area contributed by atoms with Gasteiger partial charge >= 0.3 is 0 Å². The number of pyridine rings is 1. The molecule has 0 radical (unpaired) electrons. The normalized spacial score (nSPS) is 18.5. The van der Waals surface area contributed by atoms with Crippen LogP contribution in [0, 0.1) is 5.41 Å². The number of hydrogen-bond acceptors (Lipinski definition) is 4. The molecule has 4 N–H and O–H groups in total. The van der Waals surface area contributed by atoms with E-state index in [0.29, 0.717) is 18.8 Å². The summed E-state index contributed by atoms with van der Waals surface area (Å²) in [5, 5.41) is 0. The van der Waals surface area contributed by atoms with E-state index in [1.165, 1.54) is 6.42 Å². The Morgan fingerprint density at radius 2 is 2.06 bits per heavy atom. The van der Waals surface area contributed by atoms with Crippen molar-refractivity contribution in [3.63, 3.8) is 0 Å². The summed E-state index contributed by atoms with van der Waals surface area (Å²) >= 11 is 0. The van der Waals surface area contributed by atoms with Gasteiger partial charge in [-0.2, -0.15) is 0 Å². The third-order valence-corrected chi connectivity index (χ3v) is 4.07. The number of carbonyl (C=O) groups is 1. The molecule has 1 heterocycles. The number of nitrogens with zero attached hydrogens (tertiary/aromatic N) is 1. The van der Waals surface area contributed by atoms with Crippen molar-refractivity contribution in [2.75, 3.05) is 12.3 Å². The van der Waals surface area contributed by atoms with Crippen molar-refractivity contribution in [2.45, 2.75) is 38.5 Å². The predicted molar refractivity (Wildman–Crippen MR) is 71.9 cm³/mol. The number of nitrogen functional groups attached to an aromatic ring is 1. The quantitative estimate of drug-likeness (QED) is 0.848. The van der Waals surface area contributed by atoms with Crippen LogP contribution in [0.15, 0.2) is 18.3 Å². The average molecular weight is 247 g/mol. The summed E-state index contributed by atoms with van der Waals surface area (Å²) in [6, 6.07) is 3.68. The van der Waals surface area contributed by atoms with Crippen molar-refractivity contribution in [1.29, 1.82) is 0 Å². The van der Waals surface area contributed by atoms with E-state index in [9.17, 15) is 4.79 Å². The lowest BCUT2D eigenvalue weighted by Gasteiger charge is -2.34. The maximum absolute atomic E-state index is 12.5. The zero-order valence-corrected chi connectivity index (χ0v) is 10.7. The monoisotopic (exact) mass is 247 g/mol. The molecule has 0 saturated heterocycles. The second-order valence-corrected chi connectivity index (χ2v) is 5.19. The molecule has 0 spiro atoms. The first-order valence-corrected chi connectivity index (χ1v) is 6.61. The zero-order valence-electron chi connectivity index (χ0n) is 10.7. The number of ketones is 1. The highest BCUT2D eigenvalue weighted by molar-refractivity contribution is 5.88.